The SMILES string of the molecule is COc1cccc(/C=C(/C#N)c2nc3cc(C)c(C)cc3[nH]2)c1. The van der Waals surface area contributed by atoms with Gasteiger partial charge in [-0.2, -0.15) is 5.26 Å². The third-order valence-electron chi connectivity index (χ3n) is 3.88. The minimum atomic E-state index is 0.491. The zero-order valence-electron chi connectivity index (χ0n) is 13.3. The summed E-state index contributed by atoms with van der Waals surface area (Å²) in [5, 5.41) is 9.49. The molecule has 0 aliphatic rings. The first-order valence-corrected chi connectivity index (χ1v) is 7.34. The van der Waals surface area contributed by atoms with Crippen molar-refractivity contribution in [3.05, 3.63) is 58.9 Å². The number of ether oxygens (including phenoxy) is 1. The molecule has 4 nitrogen and oxygen atoms in total. The number of H-pyrrole nitrogens is 1. The molecule has 3 rings (SSSR count). The van der Waals surface area contributed by atoms with Gasteiger partial charge in [0.2, 0.25) is 0 Å². The number of allylic oxidation sites excluding steroid dienone is 1. The fraction of sp³-hybridized carbons (Fsp3) is 0.158. The van der Waals surface area contributed by atoms with E-state index in [2.05, 4.69) is 36.0 Å². The van der Waals surface area contributed by atoms with Crippen LogP contribution in [0.3, 0.4) is 0 Å². The fourth-order valence-electron chi connectivity index (χ4n) is 2.45. The number of aromatic amines is 1. The number of nitriles is 1. The van der Waals surface area contributed by atoms with Crippen LogP contribution in [0.1, 0.15) is 22.5 Å². The standard InChI is InChI=1S/C19H17N3O/c1-12-7-17-18(8-13(12)2)22-19(21-17)15(11-20)9-14-5-4-6-16(10-14)23-3/h4-10H,1-3H3,(H,21,22)/b15-9-. The number of hydrogen-bond donors (Lipinski definition) is 1. The van der Waals surface area contributed by atoms with Crippen LogP contribution < -0.4 is 4.74 Å². The van der Waals surface area contributed by atoms with E-state index < -0.39 is 0 Å². The first kappa shape index (κ1) is 14.9. The molecule has 4 heteroatoms. The molecule has 0 bridgehead atoms. The van der Waals surface area contributed by atoms with Gasteiger partial charge in [0.15, 0.2) is 0 Å². The van der Waals surface area contributed by atoms with Crippen molar-refractivity contribution in [2.75, 3.05) is 7.11 Å². The molecular formula is C19H17N3O. The third-order valence-corrected chi connectivity index (χ3v) is 3.88. The van der Waals surface area contributed by atoms with E-state index in [0.29, 0.717) is 11.4 Å². The van der Waals surface area contributed by atoms with Crippen molar-refractivity contribution in [2.45, 2.75) is 13.8 Å². The summed E-state index contributed by atoms with van der Waals surface area (Å²) in [6, 6.07) is 13.9. The number of benzene rings is 2. The lowest BCUT2D eigenvalue weighted by Gasteiger charge is -2.00. The van der Waals surface area contributed by atoms with Crippen LogP contribution in [0.2, 0.25) is 0 Å². The quantitative estimate of drug-likeness (QED) is 0.736. The number of fused-ring (bicyclic) bond motifs is 1. The van der Waals surface area contributed by atoms with Gasteiger partial charge in [-0.3, -0.25) is 0 Å². The average Bonchev–Trinajstić information content (AvgIpc) is 2.95. The zero-order chi connectivity index (χ0) is 16.4. The van der Waals surface area contributed by atoms with Crippen LogP contribution in [0.5, 0.6) is 5.75 Å². The molecule has 1 aromatic heterocycles. The molecular weight excluding hydrogens is 286 g/mol. The van der Waals surface area contributed by atoms with Crippen molar-refractivity contribution < 1.29 is 4.74 Å². The number of hydrogen-bond acceptors (Lipinski definition) is 3. The summed E-state index contributed by atoms with van der Waals surface area (Å²) in [6.07, 6.45) is 1.81. The predicted octanol–water partition coefficient (Wildman–Crippen LogP) is 4.25. The highest BCUT2D eigenvalue weighted by Gasteiger charge is 2.09. The molecule has 0 amide bonds. The highest BCUT2D eigenvalue weighted by molar-refractivity contribution is 5.90. The second kappa shape index (κ2) is 5.98. The molecule has 0 radical (unpaired) electrons. The topological polar surface area (TPSA) is 61.7 Å². The smallest absolute Gasteiger partial charge is 0.149 e. The van der Waals surface area contributed by atoms with Crippen molar-refractivity contribution >= 4 is 22.7 Å². The van der Waals surface area contributed by atoms with Crippen LogP contribution in [0.15, 0.2) is 36.4 Å². The van der Waals surface area contributed by atoms with Gasteiger partial charge >= 0.3 is 0 Å². The maximum atomic E-state index is 9.49. The molecule has 23 heavy (non-hydrogen) atoms. The number of rotatable bonds is 3. The van der Waals surface area contributed by atoms with Crippen LogP contribution >= 0.6 is 0 Å². The Morgan fingerprint density at radius 2 is 2.00 bits per heavy atom. The van der Waals surface area contributed by atoms with E-state index in [-0.39, 0.29) is 0 Å². The Labute approximate surface area is 135 Å². The Balaban J connectivity index is 2.07. The van der Waals surface area contributed by atoms with Gasteiger partial charge in [-0.25, -0.2) is 4.98 Å². The minimum Gasteiger partial charge on any atom is -0.497 e. The molecule has 1 N–H and O–H groups in total. The number of methoxy groups -OCH3 is 1. The Morgan fingerprint density at radius 1 is 1.22 bits per heavy atom. The first-order valence-electron chi connectivity index (χ1n) is 7.34. The number of aryl methyl sites for hydroxylation is 2. The van der Waals surface area contributed by atoms with Crippen LogP contribution in [-0.2, 0) is 0 Å². The molecule has 0 atom stereocenters. The fourth-order valence-corrected chi connectivity index (χ4v) is 2.45. The zero-order valence-corrected chi connectivity index (χ0v) is 13.3. The van der Waals surface area contributed by atoms with Gasteiger partial charge in [0.05, 0.1) is 23.7 Å². The Morgan fingerprint density at radius 3 is 2.74 bits per heavy atom. The maximum Gasteiger partial charge on any atom is 0.149 e. The third kappa shape index (κ3) is 2.95. The molecule has 0 saturated heterocycles. The van der Waals surface area contributed by atoms with Crippen molar-refractivity contribution in [1.29, 1.82) is 5.26 Å². The van der Waals surface area contributed by atoms with E-state index in [1.165, 1.54) is 11.1 Å². The van der Waals surface area contributed by atoms with E-state index in [0.717, 1.165) is 22.3 Å². The van der Waals surface area contributed by atoms with Gasteiger partial charge < -0.3 is 9.72 Å². The molecule has 114 valence electrons. The van der Waals surface area contributed by atoms with Crippen molar-refractivity contribution in [3.63, 3.8) is 0 Å². The highest BCUT2D eigenvalue weighted by atomic mass is 16.5. The Hall–Kier alpha value is -3.06. The molecule has 0 aliphatic heterocycles. The van der Waals surface area contributed by atoms with Gasteiger partial charge in [0.1, 0.15) is 17.6 Å². The van der Waals surface area contributed by atoms with E-state index in [1.54, 1.807) is 13.2 Å². The van der Waals surface area contributed by atoms with Crippen molar-refractivity contribution in [1.82, 2.24) is 9.97 Å². The monoisotopic (exact) mass is 303 g/mol. The van der Waals surface area contributed by atoms with Crippen LogP contribution in [0.4, 0.5) is 0 Å². The van der Waals surface area contributed by atoms with Gasteiger partial charge in [0.25, 0.3) is 0 Å². The van der Waals surface area contributed by atoms with Gasteiger partial charge in [-0.05, 0) is 60.9 Å². The lowest BCUT2D eigenvalue weighted by molar-refractivity contribution is 0.414. The summed E-state index contributed by atoms with van der Waals surface area (Å²) in [5.41, 5.74) is 5.58. The molecule has 0 aliphatic carbocycles. The van der Waals surface area contributed by atoms with Crippen molar-refractivity contribution in [2.24, 2.45) is 0 Å². The molecule has 3 aromatic rings. The number of aromatic nitrogens is 2. The van der Waals surface area contributed by atoms with Crippen LogP contribution in [-0.4, -0.2) is 17.1 Å². The lowest BCUT2D eigenvalue weighted by Crippen LogP contribution is -1.86. The minimum absolute atomic E-state index is 0.491. The predicted molar refractivity (Wildman–Crippen MR) is 92.0 cm³/mol. The van der Waals surface area contributed by atoms with E-state index in [1.807, 2.05) is 30.3 Å². The largest absolute Gasteiger partial charge is 0.497 e. The van der Waals surface area contributed by atoms with E-state index >= 15 is 0 Å². The second-order valence-corrected chi connectivity index (χ2v) is 5.49. The molecule has 0 unspecified atom stereocenters. The summed E-state index contributed by atoms with van der Waals surface area (Å²) in [5.74, 6) is 1.34. The van der Waals surface area contributed by atoms with Crippen molar-refractivity contribution in [3.8, 4) is 11.8 Å². The summed E-state index contributed by atoms with van der Waals surface area (Å²) >= 11 is 0. The molecule has 2 aromatic carbocycles. The Kier molecular flexibility index (Phi) is 3.86. The van der Waals surface area contributed by atoms with E-state index in [9.17, 15) is 5.26 Å². The molecule has 1 heterocycles. The number of nitrogens with zero attached hydrogens (tertiary/aromatic N) is 2. The van der Waals surface area contributed by atoms with E-state index in [4.69, 9.17) is 4.74 Å². The first-order chi connectivity index (χ1) is 11.1. The molecule has 0 saturated carbocycles. The normalized spacial score (nSPS) is 11.5. The summed E-state index contributed by atoms with van der Waals surface area (Å²) in [4.78, 5) is 7.78. The summed E-state index contributed by atoms with van der Waals surface area (Å²) < 4.78 is 5.21. The van der Waals surface area contributed by atoms with Gasteiger partial charge in [0, 0.05) is 0 Å². The Bertz CT molecular complexity index is 906. The average molecular weight is 303 g/mol. The summed E-state index contributed by atoms with van der Waals surface area (Å²) in [7, 11) is 1.62. The number of imidazole rings is 1. The second-order valence-electron chi connectivity index (χ2n) is 5.49. The van der Waals surface area contributed by atoms with Crippen LogP contribution in [0.25, 0.3) is 22.7 Å². The molecule has 0 spiro atoms. The highest BCUT2D eigenvalue weighted by Crippen LogP contribution is 2.23. The summed E-state index contributed by atoms with van der Waals surface area (Å²) in [6.45, 7) is 4.12. The van der Waals surface area contributed by atoms with Gasteiger partial charge in [-0.1, -0.05) is 12.1 Å². The van der Waals surface area contributed by atoms with Crippen LogP contribution in [0, 0.1) is 25.2 Å². The lowest BCUT2D eigenvalue weighted by atomic mass is 10.1. The number of nitrogens with one attached hydrogen (secondary N) is 1. The maximum absolute atomic E-state index is 9.49. The molecule has 0 fully saturated rings. The van der Waals surface area contributed by atoms with Gasteiger partial charge in [-0.15, -0.1) is 0 Å².